The highest BCUT2D eigenvalue weighted by atomic mass is 16.4. The minimum Gasteiger partial charge on any atom is -0.478 e. The number of benzene rings is 1. The quantitative estimate of drug-likeness (QED) is 0.462. The van der Waals surface area contributed by atoms with Gasteiger partial charge in [-0.3, -0.25) is 0 Å². The molecule has 0 spiro atoms. The molecule has 33 heavy (non-hydrogen) atoms. The number of carboxylic acid groups (broad SMARTS) is 1. The summed E-state index contributed by atoms with van der Waals surface area (Å²) in [5.74, 6) is 1.99. The molecule has 1 aliphatic heterocycles. The number of nitrogens with one attached hydrogen (secondary N) is 1. The van der Waals surface area contributed by atoms with Crippen molar-refractivity contribution in [2.45, 2.75) is 20.3 Å². The lowest BCUT2D eigenvalue weighted by atomic mass is 9.92. The van der Waals surface area contributed by atoms with E-state index in [0.717, 1.165) is 30.4 Å². The Morgan fingerprint density at radius 3 is 2.67 bits per heavy atom. The predicted octanol–water partition coefficient (Wildman–Crippen LogP) is 4.72. The van der Waals surface area contributed by atoms with E-state index in [1.54, 1.807) is 35.1 Å². The van der Waals surface area contributed by atoms with Crippen LogP contribution in [0.4, 0.5) is 17.3 Å². The molecule has 0 amide bonds. The first-order valence-electron chi connectivity index (χ1n) is 11.1. The molecular formula is C25H26N6O2. The van der Waals surface area contributed by atoms with Crippen LogP contribution in [0.3, 0.4) is 0 Å². The van der Waals surface area contributed by atoms with E-state index < -0.39 is 5.97 Å². The first-order valence-corrected chi connectivity index (χ1v) is 11.1. The molecule has 168 valence electrons. The number of pyridine rings is 1. The topological polar surface area (TPSA) is 95.7 Å². The molecule has 0 saturated carbocycles. The molecule has 2 atom stereocenters. The molecule has 1 aliphatic rings. The number of nitrogens with zero attached hydrogens (tertiary/aromatic N) is 5. The number of anilines is 3. The largest absolute Gasteiger partial charge is 0.478 e. The number of aromatic carboxylic acids is 1. The van der Waals surface area contributed by atoms with Crippen molar-refractivity contribution in [3.05, 3.63) is 66.5 Å². The summed E-state index contributed by atoms with van der Waals surface area (Å²) < 4.78 is 1.68. The highest BCUT2D eigenvalue weighted by Gasteiger charge is 2.23. The van der Waals surface area contributed by atoms with Gasteiger partial charge in [0.15, 0.2) is 5.65 Å². The van der Waals surface area contributed by atoms with Gasteiger partial charge in [-0.05, 0) is 48.6 Å². The average molecular weight is 443 g/mol. The molecule has 1 saturated heterocycles. The van der Waals surface area contributed by atoms with Gasteiger partial charge >= 0.3 is 5.97 Å². The van der Waals surface area contributed by atoms with Crippen LogP contribution in [0.1, 0.15) is 30.6 Å². The molecule has 4 heterocycles. The Morgan fingerprint density at radius 1 is 1.09 bits per heavy atom. The van der Waals surface area contributed by atoms with Gasteiger partial charge in [-0.15, -0.1) is 0 Å². The Balaban J connectivity index is 1.49. The molecule has 4 aromatic rings. The lowest BCUT2D eigenvalue weighted by molar-refractivity contribution is 0.0697. The van der Waals surface area contributed by atoms with E-state index in [1.807, 2.05) is 24.3 Å². The fraction of sp³-hybridized carbons (Fsp3) is 0.280. The van der Waals surface area contributed by atoms with E-state index in [2.05, 4.69) is 40.2 Å². The number of carbonyl (C=O) groups is 1. The van der Waals surface area contributed by atoms with Gasteiger partial charge in [0.25, 0.3) is 0 Å². The molecule has 0 bridgehead atoms. The Hall–Kier alpha value is -3.94. The van der Waals surface area contributed by atoms with Crippen molar-refractivity contribution in [1.82, 2.24) is 19.6 Å². The number of hydrogen-bond acceptors (Lipinski definition) is 6. The van der Waals surface area contributed by atoms with E-state index in [9.17, 15) is 9.90 Å². The highest BCUT2D eigenvalue weighted by molar-refractivity contribution is 5.89. The van der Waals surface area contributed by atoms with Crippen molar-refractivity contribution in [3.8, 4) is 11.3 Å². The van der Waals surface area contributed by atoms with Gasteiger partial charge in [0.05, 0.1) is 16.9 Å². The normalized spacial score (nSPS) is 18.4. The van der Waals surface area contributed by atoms with Gasteiger partial charge in [0, 0.05) is 31.0 Å². The van der Waals surface area contributed by atoms with Gasteiger partial charge in [0.1, 0.15) is 11.6 Å². The molecule has 8 nitrogen and oxygen atoms in total. The maximum Gasteiger partial charge on any atom is 0.335 e. The summed E-state index contributed by atoms with van der Waals surface area (Å²) in [6, 6.07) is 14.6. The minimum absolute atomic E-state index is 0.217. The maximum absolute atomic E-state index is 11.4. The van der Waals surface area contributed by atoms with E-state index in [-0.39, 0.29) is 5.56 Å². The lowest BCUT2D eigenvalue weighted by Gasteiger charge is -2.35. The Morgan fingerprint density at radius 2 is 1.88 bits per heavy atom. The molecule has 3 aromatic heterocycles. The third-order valence-electron chi connectivity index (χ3n) is 5.95. The van der Waals surface area contributed by atoms with E-state index in [4.69, 9.17) is 4.98 Å². The fourth-order valence-electron chi connectivity index (χ4n) is 4.62. The third-order valence-corrected chi connectivity index (χ3v) is 5.95. The molecule has 1 aromatic carbocycles. The van der Waals surface area contributed by atoms with Gasteiger partial charge in [-0.1, -0.05) is 32.0 Å². The smallest absolute Gasteiger partial charge is 0.335 e. The van der Waals surface area contributed by atoms with Crippen LogP contribution in [-0.2, 0) is 0 Å². The van der Waals surface area contributed by atoms with Crippen LogP contribution < -0.4 is 10.2 Å². The Kier molecular flexibility index (Phi) is 5.42. The van der Waals surface area contributed by atoms with Crippen LogP contribution >= 0.6 is 0 Å². The number of hydrogen-bond donors (Lipinski definition) is 2. The lowest BCUT2D eigenvalue weighted by Crippen LogP contribution is -2.39. The van der Waals surface area contributed by atoms with Crippen molar-refractivity contribution in [2.75, 3.05) is 23.3 Å². The second-order valence-electron chi connectivity index (χ2n) is 8.88. The SMILES string of the molecule is CC1CC(C)CN(c2cccc(Nc3cc(-c4cccc(C(=O)O)c4)nn4ccnc34)n2)C1. The summed E-state index contributed by atoms with van der Waals surface area (Å²) in [5.41, 5.74) is 2.98. The van der Waals surface area contributed by atoms with Crippen LogP contribution in [0, 0.1) is 11.8 Å². The molecular weight excluding hydrogens is 416 g/mol. The summed E-state index contributed by atoms with van der Waals surface area (Å²) in [7, 11) is 0. The van der Waals surface area contributed by atoms with Crippen LogP contribution in [0.2, 0.25) is 0 Å². The summed E-state index contributed by atoms with van der Waals surface area (Å²) in [6.45, 7) is 6.59. The maximum atomic E-state index is 11.4. The van der Waals surface area contributed by atoms with Crippen LogP contribution in [-0.4, -0.2) is 43.7 Å². The number of piperidine rings is 1. The van der Waals surface area contributed by atoms with Crippen molar-refractivity contribution < 1.29 is 9.90 Å². The second-order valence-corrected chi connectivity index (χ2v) is 8.88. The molecule has 2 unspecified atom stereocenters. The molecule has 2 N–H and O–H groups in total. The number of imidazole rings is 1. The average Bonchev–Trinajstić information content (AvgIpc) is 3.28. The molecule has 0 radical (unpaired) electrons. The first-order chi connectivity index (χ1) is 16.0. The van der Waals surface area contributed by atoms with E-state index >= 15 is 0 Å². The third kappa shape index (κ3) is 4.37. The standard InChI is InChI=1S/C25H26N6O2/c1-16-11-17(2)15-30(14-16)23-8-4-7-22(28-23)27-21-13-20(29-31-10-9-26-24(21)31)18-5-3-6-19(12-18)25(32)33/h3-10,12-13,16-17H,11,14-15H2,1-2H3,(H,27,28)(H,32,33). The van der Waals surface area contributed by atoms with Gasteiger partial charge < -0.3 is 15.3 Å². The second kappa shape index (κ2) is 8.54. The predicted molar refractivity (Wildman–Crippen MR) is 128 cm³/mol. The molecule has 0 aliphatic carbocycles. The van der Waals surface area contributed by atoms with E-state index in [0.29, 0.717) is 28.7 Å². The summed E-state index contributed by atoms with van der Waals surface area (Å²) in [4.78, 5) is 23.1. The summed E-state index contributed by atoms with van der Waals surface area (Å²) in [5, 5.41) is 17.4. The minimum atomic E-state index is -0.971. The zero-order valence-electron chi connectivity index (χ0n) is 18.6. The number of aromatic nitrogens is 4. The molecule has 1 fully saturated rings. The zero-order chi connectivity index (χ0) is 22.9. The van der Waals surface area contributed by atoms with Crippen LogP contribution in [0.5, 0.6) is 0 Å². The first kappa shape index (κ1) is 20.9. The molecule has 5 rings (SSSR count). The van der Waals surface area contributed by atoms with Crippen molar-refractivity contribution in [1.29, 1.82) is 0 Å². The van der Waals surface area contributed by atoms with Gasteiger partial charge in [-0.25, -0.2) is 19.3 Å². The summed E-state index contributed by atoms with van der Waals surface area (Å²) >= 11 is 0. The molecule has 8 heteroatoms. The summed E-state index contributed by atoms with van der Waals surface area (Å²) in [6.07, 6.45) is 4.70. The van der Waals surface area contributed by atoms with Gasteiger partial charge in [-0.2, -0.15) is 5.10 Å². The Bertz CT molecular complexity index is 1310. The van der Waals surface area contributed by atoms with E-state index in [1.165, 1.54) is 6.42 Å². The number of carboxylic acids is 1. The van der Waals surface area contributed by atoms with Gasteiger partial charge in [0.2, 0.25) is 0 Å². The van der Waals surface area contributed by atoms with Crippen LogP contribution in [0.15, 0.2) is 60.9 Å². The zero-order valence-corrected chi connectivity index (χ0v) is 18.6. The monoisotopic (exact) mass is 442 g/mol. The number of rotatable bonds is 5. The number of fused-ring (bicyclic) bond motifs is 1. The highest BCUT2D eigenvalue weighted by Crippen LogP contribution is 2.29. The Labute approximate surface area is 191 Å². The van der Waals surface area contributed by atoms with Crippen molar-refractivity contribution in [2.24, 2.45) is 11.8 Å². The van der Waals surface area contributed by atoms with Crippen molar-refractivity contribution in [3.63, 3.8) is 0 Å². The van der Waals surface area contributed by atoms with Crippen LogP contribution in [0.25, 0.3) is 16.9 Å². The fourth-order valence-corrected chi connectivity index (χ4v) is 4.62. The van der Waals surface area contributed by atoms with Crippen molar-refractivity contribution >= 4 is 28.9 Å².